The van der Waals surface area contributed by atoms with Gasteiger partial charge in [0, 0.05) is 25.1 Å². The molecule has 0 spiro atoms. The molecule has 1 atom stereocenters. The van der Waals surface area contributed by atoms with Crippen molar-refractivity contribution in [2.24, 2.45) is 0 Å². The van der Waals surface area contributed by atoms with E-state index in [-0.39, 0.29) is 17.5 Å². The maximum Gasteiger partial charge on any atom is 0.407 e. The standard InChI is InChI=1S/C13H20N4O3/c1-8(2)12-15-10(6-11(18)16-12)17-5-4-9(7-17)14-13(19)20-3/h6,8-9H,4-5,7H2,1-3H3,(H,14,19)(H,15,16,18). The number of hydrogen-bond donors (Lipinski definition) is 2. The molecule has 110 valence electrons. The number of methoxy groups -OCH3 is 1. The second kappa shape index (κ2) is 5.94. The van der Waals surface area contributed by atoms with Crippen LogP contribution in [0.5, 0.6) is 0 Å². The van der Waals surface area contributed by atoms with Gasteiger partial charge in [0.25, 0.3) is 5.56 Å². The fraction of sp³-hybridized carbons (Fsp3) is 0.615. The van der Waals surface area contributed by atoms with Gasteiger partial charge in [0.05, 0.1) is 13.2 Å². The number of aromatic amines is 1. The zero-order valence-corrected chi connectivity index (χ0v) is 12.0. The highest BCUT2D eigenvalue weighted by molar-refractivity contribution is 5.67. The molecule has 7 heteroatoms. The molecule has 7 nitrogen and oxygen atoms in total. The molecule has 1 aromatic heterocycles. The lowest BCUT2D eigenvalue weighted by atomic mass is 10.2. The molecular formula is C13H20N4O3. The van der Waals surface area contributed by atoms with Gasteiger partial charge in [-0.05, 0) is 6.42 Å². The number of aromatic nitrogens is 2. The Bertz CT molecular complexity index is 541. The Labute approximate surface area is 117 Å². The van der Waals surface area contributed by atoms with Gasteiger partial charge in [-0.3, -0.25) is 4.79 Å². The normalized spacial score (nSPS) is 18.4. The molecule has 1 amide bonds. The summed E-state index contributed by atoms with van der Waals surface area (Å²) in [5, 5.41) is 2.76. The zero-order chi connectivity index (χ0) is 14.7. The quantitative estimate of drug-likeness (QED) is 0.856. The maximum absolute atomic E-state index is 11.7. The van der Waals surface area contributed by atoms with E-state index in [9.17, 15) is 9.59 Å². The van der Waals surface area contributed by atoms with Gasteiger partial charge in [0.1, 0.15) is 11.6 Å². The van der Waals surface area contributed by atoms with Crippen molar-refractivity contribution < 1.29 is 9.53 Å². The first kappa shape index (κ1) is 14.4. The van der Waals surface area contributed by atoms with Gasteiger partial charge in [-0.1, -0.05) is 13.8 Å². The third kappa shape index (κ3) is 3.28. The van der Waals surface area contributed by atoms with E-state index in [1.807, 2.05) is 18.7 Å². The Morgan fingerprint density at radius 1 is 1.60 bits per heavy atom. The summed E-state index contributed by atoms with van der Waals surface area (Å²) >= 11 is 0. The number of carbonyl (C=O) groups excluding carboxylic acids is 1. The number of alkyl carbamates (subject to hydrolysis) is 1. The second-order valence-corrected chi connectivity index (χ2v) is 5.21. The lowest BCUT2D eigenvalue weighted by Crippen LogP contribution is -2.37. The SMILES string of the molecule is COC(=O)NC1CCN(c2cc(=O)[nH]c(C(C)C)n2)C1. The first-order valence-corrected chi connectivity index (χ1v) is 6.70. The highest BCUT2D eigenvalue weighted by Gasteiger charge is 2.25. The van der Waals surface area contributed by atoms with Crippen LogP contribution >= 0.6 is 0 Å². The Kier molecular flexibility index (Phi) is 4.26. The maximum atomic E-state index is 11.7. The van der Waals surface area contributed by atoms with Gasteiger partial charge in [-0.2, -0.15) is 0 Å². The fourth-order valence-electron chi connectivity index (χ4n) is 2.21. The van der Waals surface area contributed by atoms with Crippen LogP contribution in [0.2, 0.25) is 0 Å². The summed E-state index contributed by atoms with van der Waals surface area (Å²) in [5.41, 5.74) is -0.150. The monoisotopic (exact) mass is 280 g/mol. The van der Waals surface area contributed by atoms with Gasteiger partial charge in [-0.25, -0.2) is 9.78 Å². The molecule has 1 unspecified atom stereocenters. The van der Waals surface area contributed by atoms with Crippen LogP contribution in [0.1, 0.15) is 32.0 Å². The van der Waals surface area contributed by atoms with Gasteiger partial charge in [0.15, 0.2) is 0 Å². The number of amides is 1. The van der Waals surface area contributed by atoms with E-state index in [1.54, 1.807) is 0 Å². The number of H-pyrrole nitrogens is 1. The number of ether oxygens (including phenoxy) is 1. The Balaban J connectivity index is 2.10. The molecule has 2 N–H and O–H groups in total. The minimum atomic E-state index is -0.432. The molecule has 0 aliphatic carbocycles. The van der Waals surface area contributed by atoms with E-state index in [2.05, 4.69) is 20.0 Å². The van der Waals surface area contributed by atoms with Crippen LogP contribution in [-0.4, -0.2) is 42.3 Å². The molecule has 1 aliphatic heterocycles. The van der Waals surface area contributed by atoms with E-state index in [4.69, 9.17) is 0 Å². The first-order chi connectivity index (χ1) is 9.49. The molecule has 0 aromatic carbocycles. The van der Waals surface area contributed by atoms with Crippen LogP contribution in [0.4, 0.5) is 10.6 Å². The summed E-state index contributed by atoms with van der Waals surface area (Å²) < 4.78 is 4.58. The van der Waals surface area contributed by atoms with Crippen LogP contribution in [-0.2, 0) is 4.74 Å². The average molecular weight is 280 g/mol. The van der Waals surface area contributed by atoms with Crippen molar-refractivity contribution in [1.29, 1.82) is 0 Å². The minimum Gasteiger partial charge on any atom is -0.453 e. The summed E-state index contributed by atoms with van der Waals surface area (Å²) in [5.74, 6) is 1.50. The lowest BCUT2D eigenvalue weighted by Gasteiger charge is -2.18. The van der Waals surface area contributed by atoms with Crippen LogP contribution in [0.15, 0.2) is 10.9 Å². The van der Waals surface area contributed by atoms with E-state index in [0.29, 0.717) is 18.2 Å². The molecule has 0 bridgehead atoms. The van der Waals surface area contributed by atoms with Gasteiger partial charge in [0.2, 0.25) is 0 Å². The average Bonchev–Trinajstić information content (AvgIpc) is 2.86. The van der Waals surface area contributed by atoms with Crippen LogP contribution in [0, 0.1) is 0 Å². The number of nitrogens with zero attached hydrogens (tertiary/aromatic N) is 2. The number of nitrogens with one attached hydrogen (secondary N) is 2. The number of carbonyl (C=O) groups is 1. The molecular weight excluding hydrogens is 260 g/mol. The largest absolute Gasteiger partial charge is 0.453 e. The van der Waals surface area contributed by atoms with E-state index in [0.717, 1.165) is 13.0 Å². The highest BCUT2D eigenvalue weighted by Crippen LogP contribution is 2.18. The van der Waals surface area contributed by atoms with E-state index >= 15 is 0 Å². The summed E-state index contributed by atoms with van der Waals surface area (Å²) in [6.07, 6.45) is 0.374. The molecule has 20 heavy (non-hydrogen) atoms. The van der Waals surface area contributed by atoms with E-state index < -0.39 is 6.09 Å². The third-order valence-corrected chi connectivity index (χ3v) is 3.31. The molecule has 1 aromatic rings. The minimum absolute atomic E-state index is 0.0195. The topological polar surface area (TPSA) is 87.3 Å². The van der Waals surface area contributed by atoms with Crippen molar-refractivity contribution in [3.63, 3.8) is 0 Å². The Morgan fingerprint density at radius 3 is 3.00 bits per heavy atom. The summed E-state index contributed by atoms with van der Waals surface area (Å²) in [6.45, 7) is 5.34. The number of hydrogen-bond acceptors (Lipinski definition) is 5. The first-order valence-electron chi connectivity index (χ1n) is 6.70. The fourth-order valence-corrected chi connectivity index (χ4v) is 2.21. The molecule has 2 heterocycles. The van der Waals surface area contributed by atoms with Gasteiger partial charge >= 0.3 is 6.09 Å². The smallest absolute Gasteiger partial charge is 0.407 e. The van der Waals surface area contributed by atoms with Crippen molar-refractivity contribution in [3.05, 3.63) is 22.2 Å². The van der Waals surface area contributed by atoms with Gasteiger partial charge < -0.3 is 19.9 Å². The third-order valence-electron chi connectivity index (χ3n) is 3.31. The zero-order valence-electron chi connectivity index (χ0n) is 12.0. The lowest BCUT2D eigenvalue weighted by molar-refractivity contribution is 0.167. The van der Waals surface area contributed by atoms with Crippen molar-refractivity contribution in [3.8, 4) is 0 Å². The van der Waals surface area contributed by atoms with Crippen molar-refractivity contribution in [1.82, 2.24) is 15.3 Å². The molecule has 1 aliphatic rings. The Hall–Kier alpha value is -2.05. The number of anilines is 1. The van der Waals surface area contributed by atoms with E-state index in [1.165, 1.54) is 13.2 Å². The molecule has 0 saturated carbocycles. The summed E-state index contributed by atoms with van der Waals surface area (Å²) in [4.78, 5) is 32.1. The van der Waals surface area contributed by atoms with Crippen molar-refractivity contribution >= 4 is 11.9 Å². The van der Waals surface area contributed by atoms with Crippen molar-refractivity contribution in [2.45, 2.75) is 32.2 Å². The van der Waals surface area contributed by atoms with Crippen LogP contribution in [0.25, 0.3) is 0 Å². The molecule has 0 radical (unpaired) electrons. The summed E-state index contributed by atoms with van der Waals surface area (Å²) in [7, 11) is 1.34. The molecule has 1 fully saturated rings. The second-order valence-electron chi connectivity index (χ2n) is 5.21. The van der Waals surface area contributed by atoms with Crippen molar-refractivity contribution in [2.75, 3.05) is 25.1 Å². The highest BCUT2D eigenvalue weighted by atomic mass is 16.5. The van der Waals surface area contributed by atoms with Gasteiger partial charge in [-0.15, -0.1) is 0 Å². The van der Waals surface area contributed by atoms with Crippen LogP contribution in [0.3, 0.4) is 0 Å². The Morgan fingerprint density at radius 2 is 2.35 bits per heavy atom. The molecule has 1 saturated heterocycles. The predicted molar refractivity (Wildman–Crippen MR) is 75.1 cm³/mol. The summed E-state index contributed by atoms with van der Waals surface area (Å²) in [6, 6.07) is 1.51. The van der Waals surface area contributed by atoms with Crippen LogP contribution < -0.4 is 15.8 Å². The predicted octanol–water partition coefficient (Wildman–Crippen LogP) is 0.828. The molecule has 2 rings (SSSR count). The number of rotatable bonds is 3.